The number of rotatable bonds is 4. The molecule has 1 aliphatic heterocycles. The van der Waals surface area contributed by atoms with E-state index in [0.717, 1.165) is 28.1 Å². The van der Waals surface area contributed by atoms with Crippen molar-refractivity contribution in [3.63, 3.8) is 0 Å². The molecule has 1 aromatic carbocycles. The number of thiazole rings is 1. The summed E-state index contributed by atoms with van der Waals surface area (Å²) in [7, 11) is 0. The molecule has 3 heterocycles. The van der Waals surface area contributed by atoms with Gasteiger partial charge in [-0.1, -0.05) is 18.2 Å². The van der Waals surface area contributed by atoms with Crippen LogP contribution >= 0.6 is 11.3 Å². The Kier molecular flexibility index (Phi) is 4.92. The molecule has 0 radical (unpaired) electrons. The van der Waals surface area contributed by atoms with Crippen LogP contribution in [0, 0.1) is 11.3 Å². The number of carbonyl (C=O) groups excluding carboxylic acids is 1. The summed E-state index contributed by atoms with van der Waals surface area (Å²) in [5.74, 6) is -0.0119. The number of hydrogen-bond donors (Lipinski definition) is 1. The first kappa shape index (κ1) is 17.3. The van der Waals surface area contributed by atoms with Gasteiger partial charge in [0.1, 0.15) is 17.1 Å². The molecule has 0 amide bonds. The molecule has 1 saturated heterocycles. The highest BCUT2D eigenvalue weighted by atomic mass is 32.1. The Morgan fingerprint density at radius 1 is 1.37 bits per heavy atom. The van der Waals surface area contributed by atoms with E-state index in [-0.39, 0.29) is 11.8 Å². The number of pyridine rings is 1. The molecule has 6 nitrogen and oxygen atoms in total. The van der Waals surface area contributed by atoms with Crippen molar-refractivity contribution in [3.05, 3.63) is 58.7 Å². The van der Waals surface area contributed by atoms with Gasteiger partial charge in [-0.2, -0.15) is 5.26 Å². The Morgan fingerprint density at radius 2 is 2.26 bits per heavy atom. The van der Waals surface area contributed by atoms with E-state index in [2.05, 4.69) is 21.4 Å². The molecule has 4 rings (SSSR count). The second kappa shape index (κ2) is 7.66. The van der Waals surface area contributed by atoms with Crippen LogP contribution in [0.5, 0.6) is 0 Å². The molecule has 1 N–H and O–H groups in total. The smallest absolute Gasteiger partial charge is 0.179 e. The van der Waals surface area contributed by atoms with Crippen molar-refractivity contribution in [2.75, 3.05) is 24.5 Å². The summed E-state index contributed by atoms with van der Waals surface area (Å²) in [6.45, 7) is 1.92. The van der Waals surface area contributed by atoms with Crippen LogP contribution in [0.3, 0.4) is 0 Å². The molecule has 1 aliphatic rings. The van der Waals surface area contributed by atoms with Crippen LogP contribution in [0.2, 0.25) is 0 Å². The molecular weight excluding hydrogens is 358 g/mol. The third-order valence-corrected chi connectivity index (χ3v) is 5.31. The maximum Gasteiger partial charge on any atom is 0.179 e. The summed E-state index contributed by atoms with van der Waals surface area (Å²) >= 11 is 1.49. The monoisotopic (exact) mass is 375 g/mol. The van der Waals surface area contributed by atoms with Crippen molar-refractivity contribution in [1.29, 1.82) is 5.26 Å². The number of nitrogens with one attached hydrogen (secondary N) is 1. The predicted molar refractivity (Wildman–Crippen MR) is 107 cm³/mol. The lowest BCUT2D eigenvalue weighted by Gasteiger charge is -2.37. The summed E-state index contributed by atoms with van der Waals surface area (Å²) in [6, 6.07) is 9.57. The number of anilines is 1. The van der Waals surface area contributed by atoms with Gasteiger partial charge < -0.3 is 10.2 Å². The molecule has 3 aromatic rings. The van der Waals surface area contributed by atoms with Gasteiger partial charge >= 0.3 is 0 Å². The zero-order valence-corrected chi connectivity index (χ0v) is 15.3. The third kappa shape index (κ3) is 3.45. The molecule has 1 unspecified atom stereocenters. The summed E-state index contributed by atoms with van der Waals surface area (Å²) in [6.07, 6.45) is 6.63. The van der Waals surface area contributed by atoms with Gasteiger partial charge in [-0.05, 0) is 18.2 Å². The number of ketones is 1. The van der Waals surface area contributed by atoms with Crippen LogP contribution in [0.1, 0.15) is 10.6 Å². The number of piperazine rings is 1. The number of hydrogen-bond acceptors (Lipinski definition) is 7. The minimum absolute atomic E-state index is 0.0119. The van der Waals surface area contributed by atoms with Gasteiger partial charge in [-0.15, -0.1) is 11.3 Å². The SMILES string of the molecule is N#Cc1cnc2ccccc2c1N1CCNCC1C(=O)/C=C/c1nccs1. The van der Waals surface area contributed by atoms with E-state index in [4.69, 9.17) is 0 Å². The summed E-state index contributed by atoms with van der Waals surface area (Å²) in [5.41, 5.74) is 2.08. The van der Waals surface area contributed by atoms with Gasteiger partial charge in [0.2, 0.25) is 0 Å². The molecule has 1 fully saturated rings. The Hall–Kier alpha value is -3.08. The Bertz CT molecular complexity index is 1040. The molecule has 0 saturated carbocycles. The van der Waals surface area contributed by atoms with Gasteiger partial charge in [0.25, 0.3) is 0 Å². The Balaban J connectivity index is 1.74. The fourth-order valence-electron chi connectivity index (χ4n) is 3.33. The highest BCUT2D eigenvalue weighted by Gasteiger charge is 2.30. The van der Waals surface area contributed by atoms with E-state index in [1.165, 1.54) is 11.3 Å². The van der Waals surface area contributed by atoms with Crippen molar-refractivity contribution in [2.24, 2.45) is 0 Å². The van der Waals surface area contributed by atoms with E-state index in [9.17, 15) is 10.1 Å². The first-order valence-corrected chi connectivity index (χ1v) is 9.52. The van der Waals surface area contributed by atoms with Gasteiger partial charge in [0.15, 0.2) is 5.78 Å². The average molecular weight is 375 g/mol. The lowest BCUT2D eigenvalue weighted by atomic mass is 10.0. The largest absolute Gasteiger partial charge is 0.357 e. The standard InChI is InChI=1S/C20H17N5OS/c21-11-14-12-24-16-4-2-1-3-15(16)20(14)25-9-7-22-13-17(25)18(26)5-6-19-23-8-10-27-19/h1-6,8,10,12,17,22H,7,9,13H2/b6-5+. The minimum atomic E-state index is -0.382. The molecular formula is C20H17N5OS. The lowest BCUT2D eigenvalue weighted by Crippen LogP contribution is -2.55. The zero-order valence-electron chi connectivity index (χ0n) is 14.5. The van der Waals surface area contributed by atoms with Crippen LogP contribution in [0.25, 0.3) is 17.0 Å². The van der Waals surface area contributed by atoms with Crippen LogP contribution in [-0.4, -0.2) is 41.4 Å². The third-order valence-electron chi connectivity index (χ3n) is 4.57. The second-order valence-corrected chi connectivity index (χ2v) is 7.09. The highest BCUT2D eigenvalue weighted by Crippen LogP contribution is 2.31. The van der Waals surface area contributed by atoms with Crippen molar-refractivity contribution >= 4 is 39.8 Å². The molecule has 0 spiro atoms. The van der Waals surface area contributed by atoms with E-state index in [1.807, 2.05) is 34.5 Å². The second-order valence-electron chi connectivity index (χ2n) is 6.17. The van der Waals surface area contributed by atoms with Gasteiger partial charge in [-0.25, -0.2) is 4.98 Å². The topological polar surface area (TPSA) is 81.9 Å². The van der Waals surface area contributed by atoms with E-state index in [1.54, 1.807) is 24.5 Å². The van der Waals surface area contributed by atoms with Gasteiger partial charge in [-0.3, -0.25) is 9.78 Å². The molecule has 7 heteroatoms. The molecule has 2 aromatic heterocycles. The number of fused-ring (bicyclic) bond motifs is 1. The summed E-state index contributed by atoms with van der Waals surface area (Å²) in [5, 5.41) is 16.5. The number of benzene rings is 1. The first-order chi connectivity index (χ1) is 13.3. The number of aromatic nitrogens is 2. The average Bonchev–Trinajstić information content (AvgIpc) is 3.25. The summed E-state index contributed by atoms with van der Waals surface area (Å²) < 4.78 is 0. The molecule has 0 bridgehead atoms. The van der Waals surface area contributed by atoms with Crippen molar-refractivity contribution in [2.45, 2.75) is 6.04 Å². The number of nitrogens with zero attached hydrogens (tertiary/aromatic N) is 4. The summed E-state index contributed by atoms with van der Waals surface area (Å²) in [4.78, 5) is 23.5. The van der Waals surface area contributed by atoms with Crippen LogP contribution < -0.4 is 10.2 Å². The number of nitriles is 1. The van der Waals surface area contributed by atoms with E-state index >= 15 is 0 Å². The first-order valence-electron chi connectivity index (χ1n) is 8.64. The Morgan fingerprint density at radius 3 is 3.07 bits per heavy atom. The fourth-order valence-corrected chi connectivity index (χ4v) is 3.85. The maximum atomic E-state index is 12.9. The maximum absolute atomic E-state index is 12.9. The molecule has 134 valence electrons. The quantitative estimate of drug-likeness (QED) is 0.706. The van der Waals surface area contributed by atoms with Crippen molar-refractivity contribution in [3.8, 4) is 6.07 Å². The number of carbonyl (C=O) groups is 1. The van der Waals surface area contributed by atoms with Gasteiger partial charge in [0.05, 0.1) is 16.8 Å². The van der Waals surface area contributed by atoms with Crippen LogP contribution in [0.4, 0.5) is 5.69 Å². The highest BCUT2D eigenvalue weighted by molar-refractivity contribution is 7.10. The molecule has 0 aliphatic carbocycles. The predicted octanol–water partition coefficient (Wildman–Crippen LogP) is 2.62. The van der Waals surface area contributed by atoms with Gasteiger partial charge in [0, 0.05) is 42.8 Å². The van der Waals surface area contributed by atoms with Crippen LogP contribution in [-0.2, 0) is 4.79 Å². The van der Waals surface area contributed by atoms with Crippen LogP contribution in [0.15, 0.2) is 48.1 Å². The molecule has 27 heavy (non-hydrogen) atoms. The van der Waals surface area contributed by atoms with E-state index in [0.29, 0.717) is 18.7 Å². The molecule has 1 atom stereocenters. The van der Waals surface area contributed by atoms with Crippen molar-refractivity contribution in [1.82, 2.24) is 15.3 Å². The lowest BCUT2D eigenvalue weighted by molar-refractivity contribution is -0.115. The number of para-hydroxylation sites is 1. The minimum Gasteiger partial charge on any atom is -0.357 e. The Labute approximate surface area is 160 Å². The fraction of sp³-hybridized carbons (Fsp3) is 0.200. The zero-order chi connectivity index (χ0) is 18.6. The van der Waals surface area contributed by atoms with E-state index < -0.39 is 0 Å². The normalized spacial score (nSPS) is 17.3. The van der Waals surface area contributed by atoms with Crippen molar-refractivity contribution < 1.29 is 4.79 Å².